The van der Waals surface area contributed by atoms with Gasteiger partial charge in [-0.25, -0.2) is 0 Å². The smallest absolute Gasteiger partial charge is 0.161 e. The summed E-state index contributed by atoms with van der Waals surface area (Å²) in [5.74, 6) is 1.64. The van der Waals surface area contributed by atoms with Crippen molar-refractivity contribution in [2.75, 3.05) is 13.2 Å². The fourth-order valence-electron chi connectivity index (χ4n) is 3.42. The van der Waals surface area contributed by atoms with E-state index >= 15 is 0 Å². The van der Waals surface area contributed by atoms with Crippen molar-refractivity contribution >= 4 is 0 Å². The van der Waals surface area contributed by atoms with Crippen LogP contribution in [0.5, 0.6) is 11.5 Å². The van der Waals surface area contributed by atoms with Crippen LogP contribution in [-0.2, 0) is 13.1 Å². The summed E-state index contributed by atoms with van der Waals surface area (Å²) in [6.45, 7) is 7.07. The summed E-state index contributed by atoms with van der Waals surface area (Å²) in [4.78, 5) is 0. The Morgan fingerprint density at radius 2 is 1.78 bits per heavy atom. The highest BCUT2D eigenvalue weighted by Gasteiger charge is 2.20. The third-order valence-electron chi connectivity index (χ3n) is 4.95. The van der Waals surface area contributed by atoms with Crippen LogP contribution in [0.1, 0.15) is 22.5 Å². The Morgan fingerprint density at radius 3 is 2.59 bits per heavy atom. The maximum absolute atomic E-state index is 6.01. The normalized spacial score (nSPS) is 15.7. The van der Waals surface area contributed by atoms with E-state index in [1.807, 2.05) is 30.3 Å². The molecule has 1 aromatic heterocycles. The van der Waals surface area contributed by atoms with Crippen molar-refractivity contribution in [1.29, 1.82) is 0 Å². The third-order valence-corrected chi connectivity index (χ3v) is 4.95. The molecule has 0 amide bonds. The number of nitrogens with one attached hydrogen (secondary N) is 1. The van der Waals surface area contributed by atoms with E-state index in [1.165, 1.54) is 16.8 Å². The molecule has 1 unspecified atom stereocenters. The van der Waals surface area contributed by atoms with E-state index in [2.05, 4.69) is 48.1 Å². The molecule has 1 N–H and O–H groups in total. The number of benzene rings is 2. The van der Waals surface area contributed by atoms with Crippen LogP contribution in [0.2, 0.25) is 0 Å². The van der Waals surface area contributed by atoms with Gasteiger partial charge in [0.25, 0.3) is 0 Å². The molecular formula is C22H25N3O2. The molecule has 4 rings (SSSR count). The molecule has 1 aliphatic heterocycles. The van der Waals surface area contributed by atoms with Gasteiger partial charge in [0.2, 0.25) is 0 Å². The van der Waals surface area contributed by atoms with E-state index in [0.717, 1.165) is 36.8 Å². The van der Waals surface area contributed by atoms with E-state index in [0.29, 0.717) is 6.61 Å². The highest BCUT2D eigenvalue weighted by atomic mass is 16.6. The van der Waals surface area contributed by atoms with E-state index in [-0.39, 0.29) is 6.10 Å². The van der Waals surface area contributed by atoms with E-state index < -0.39 is 0 Å². The molecule has 2 aromatic carbocycles. The van der Waals surface area contributed by atoms with Crippen LogP contribution < -0.4 is 14.8 Å². The highest BCUT2D eigenvalue weighted by molar-refractivity contribution is 5.40. The van der Waals surface area contributed by atoms with Gasteiger partial charge in [-0.3, -0.25) is 4.68 Å². The van der Waals surface area contributed by atoms with Crippen molar-refractivity contribution in [3.8, 4) is 11.5 Å². The highest BCUT2D eigenvalue weighted by Crippen LogP contribution is 2.30. The van der Waals surface area contributed by atoms with Crippen molar-refractivity contribution in [2.24, 2.45) is 0 Å². The lowest BCUT2D eigenvalue weighted by atomic mass is 10.2. The average molecular weight is 363 g/mol. The second-order valence-electron chi connectivity index (χ2n) is 6.92. The van der Waals surface area contributed by atoms with Gasteiger partial charge in [0.15, 0.2) is 11.5 Å². The first-order chi connectivity index (χ1) is 13.2. The fourth-order valence-corrected chi connectivity index (χ4v) is 3.42. The Balaban J connectivity index is 1.35. The number of para-hydroxylation sites is 2. The lowest BCUT2D eigenvalue weighted by Crippen LogP contribution is -2.38. The van der Waals surface area contributed by atoms with E-state index in [4.69, 9.17) is 14.6 Å². The average Bonchev–Trinajstić information content (AvgIpc) is 2.96. The van der Waals surface area contributed by atoms with Crippen LogP contribution >= 0.6 is 0 Å². The number of aromatic nitrogens is 2. The molecule has 0 saturated heterocycles. The fraction of sp³-hybridized carbons (Fsp3) is 0.318. The SMILES string of the molecule is Cc1nn(Cc2ccccc2)c(C)c1CNCC1COc2ccccc2O1. The number of ether oxygens (including phenoxy) is 2. The van der Waals surface area contributed by atoms with Crippen LogP contribution in [0.4, 0.5) is 0 Å². The molecule has 0 fully saturated rings. The standard InChI is InChI=1S/C22H25N3O2/c1-16-20(17(2)25(24-16)14-18-8-4-3-5-9-18)13-23-12-19-15-26-21-10-6-7-11-22(21)27-19/h3-11,19,23H,12-15H2,1-2H3. The molecule has 3 aromatic rings. The van der Waals surface area contributed by atoms with Gasteiger partial charge >= 0.3 is 0 Å². The van der Waals surface area contributed by atoms with Gasteiger partial charge in [-0.15, -0.1) is 0 Å². The van der Waals surface area contributed by atoms with Gasteiger partial charge in [-0.2, -0.15) is 5.10 Å². The zero-order valence-electron chi connectivity index (χ0n) is 15.8. The zero-order valence-corrected chi connectivity index (χ0v) is 15.8. The summed E-state index contributed by atoms with van der Waals surface area (Å²) in [5, 5.41) is 8.22. The molecule has 0 spiro atoms. The van der Waals surface area contributed by atoms with Gasteiger partial charge < -0.3 is 14.8 Å². The van der Waals surface area contributed by atoms with Crippen molar-refractivity contribution in [3.05, 3.63) is 77.1 Å². The second-order valence-corrected chi connectivity index (χ2v) is 6.92. The maximum atomic E-state index is 6.01. The first kappa shape index (κ1) is 17.6. The molecule has 27 heavy (non-hydrogen) atoms. The molecule has 2 heterocycles. The maximum Gasteiger partial charge on any atom is 0.161 e. The largest absolute Gasteiger partial charge is 0.486 e. The van der Waals surface area contributed by atoms with Crippen molar-refractivity contribution in [1.82, 2.24) is 15.1 Å². The van der Waals surface area contributed by atoms with Crippen molar-refractivity contribution in [2.45, 2.75) is 33.0 Å². The minimum absolute atomic E-state index is 0.0138. The molecule has 1 aliphatic rings. The lowest BCUT2D eigenvalue weighted by molar-refractivity contribution is 0.0902. The predicted molar refractivity (Wildman–Crippen MR) is 105 cm³/mol. The summed E-state index contributed by atoms with van der Waals surface area (Å²) in [7, 11) is 0. The summed E-state index contributed by atoms with van der Waals surface area (Å²) in [6, 6.07) is 18.2. The van der Waals surface area contributed by atoms with E-state index in [1.54, 1.807) is 0 Å². The van der Waals surface area contributed by atoms with Crippen LogP contribution in [0.15, 0.2) is 54.6 Å². The lowest BCUT2D eigenvalue weighted by Gasteiger charge is -2.26. The van der Waals surface area contributed by atoms with Gasteiger partial charge in [-0.05, 0) is 31.5 Å². The Labute approximate surface area is 159 Å². The molecule has 5 nitrogen and oxygen atoms in total. The van der Waals surface area contributed by atoms with Gasteiger partial charge in [0.1, 0.15) is 12.7 Å². The minimum atomic E-state index is 0.0138. The number of fused-ring (bicyclic) bond motifs is 1. The first-order valence-corrected chi connectivity index (χ1v) is 9.36. The van der Waals surface area contributed by atoms with Crippen LogP contribution in [-0.4, -0.2) is 29.0 Å². The van der Waals surface area contributed by atoms with Crippen LogP contribution in [0, 0.1) is 13.8 Å². The Hall–Kier alpha value is -2.79. The minimum Gasteiger partial charge on any atom is -0.486 e. The Morgan fingerprint density at radius 1 is 1.04 bits per heavy atom. The summed E-state index contributed by atoms with van der Waals surface area (Å²) in [6.07, 6.45) is 0.0138. The topological polar surface area (TPSA) is 48.3 Å². The number of nitrogens with zero attached hydrogens (tertiary/aromatic N) is 2. The molecule has 0 saturated carbocycles. The molecule has 0 bridgehead atoms. The summed E-state index contributed by atoms with van der Waals surface area (Å²) in [5.41, 5.74) is 4.79. The molecule has 0 aliphatic carbocycles. The Bertz CT molecular complexity index is 905. The first-order valence-electron chi connectivity index (χ1n) is 9.36. The van der Waals surface area contributed by atoms with Crippen molar-refractivity contribution < 1.29 is 9.47 Å². The number of hydrogen-bond acceptors (Lipinski definition) is 4. The Kier molecular flexibility index (Phi) is 5.12. The predicted octanol–water partition coefficient (Wildman–Crippen LogP) is 3.48. The number of rotatable bonds is 6. The molecule has 140 valence electrons. The van der Waals surface area contributed by atoms with Gasteiger partial charge in [-0.1, -0.05) is 42.5 Å². The number of hydrogen-bond donors (Lipinski definition) is 1. The molecular weight excluding hydrogens is 338 g/mol. The molecule has 0 radical (unpaired) electrons. The van der Waals surface area contributed by atoms with Crippen LogP contribution in [0.3, 0.4) is 0 Å². The van der Waals surface area contributed by atoms with Gasteiger partial charge in [0.05, 0.1) is 12.2 Å². The molecule has 5 heteroatoms. The quantitative estimate of drug-likeness (QED) is 0.728. The molecule has 1 atom stereocenters. The van der Waals surface area contributed by atoms with Crippen LogP contribution in [0.25, 0.3) is 0 Å². The second kappa shape index (κ2) is 7.84. The van der Waals surface area contributed by atoms with Crippen molar-refractivity contribution in [3.63, 3.8) is 0 Å². The van der Waals surface area contributed by atoms with E-state index in [9.17, 15) is 0 Å². The summed E-state index contributed by atoms with van der Waals surface area (Å²) < 4.78 is 13.9. The monoisotopic (exact) mass is 363 g/mol. The zero-order chi connectivity index (χ0) is 18.6. The summed E-state index contributed by atoms with van der Waals surface area (Å²) >= 11 is 0. The third kappa shape index (κ3) is 3.98. The van der Waals surface area contributed by atoms with Gasteiger partial charge in [0, 0.05) is 24.3 Å². The number of aryl methyl sites for hydroxylation is 1.